The molecule has 0 spiro atoms. The Morgan fingerprint density at radius 1 is 1.26 bits per heavy atom. The number of nitrogens with zero attached hydrogens (tertiary/aromatic N) is 1. The Balaban J connectivity index is 1.74. The summed E-state index contributed by atoms with van der Waals surface area (Å²) in [5.74, 6) is 1.43. The highest BCUT2D eigenvalue weighted by Crippen LogP contribution is 2.21. The lowest BCUT2D eigenvalue weighted by molar-refractivity contribution is 0.00915. The van der Waals surface area contributed by atoms with E-state index in [1.807, 2.05) is 7.11 Å². The van der Waals surface area contributed by atoms with Crippen molar-refractivity contribution in [1.29, 1.82) is 0 Å². The van der Waals surface area contributed by atoms with Gasteiger partial charge in [0.25, 0.3) is 0 Å². The molecule has 0 aliphatic carbocycles. The molecule has 0 aromatic heterocycles. The number of likely N-dealkylation sites (tertiary alicyclic amines) is 1. The predicted molar refractivity (Wildman–Crippen MR) is 77.4 cm³/mol. The highest BCUT2D eigenvalue weighted by Gasteiger charge is 2.28. The minimum absolute atomic E-state index is 0.649. The SMILES string of the molecule is CCNC1CCOCC1CN1CCC(COC)CC1. The van der Waals surface area contributed by atoms with Crippen molar-refractivity contribution in [3.63, 3.8) is 0 Å². The normalized spacial score (nSPS) is 30.6. The number of rotatable bonds is 6. The van der Waals surface area contributed by atoms with Crippen LogP contribution in [0, 0.1) is 11.8 Å². The van der Waals surface area contributed by atoms with Gasteiger partial charge >= 0.3 is 0 Å². The second-order valence-electron chi connectivity index (χ2n) is 5.99. The molecular formula is C15H30N2O2. The third-order valence-corrected chi connectivity index (χ3v) is 4.54. The van der Waals surface area contributed by atoms with Crippen LogP contribution >= 0.6 is 0 Å². The third-order valence-electron chi connectivity index (χ3n) is 4.54. The number of piperidine rings is 1. The van der Waals surface area contributed by atoms with Crippen molar-refractivity contribution in [1.82, 2.24) is 10.2 Å². The van der Waals surface area contributed by atoms with Gasteiger partial charge in [0.15, 0.2) is 0 Å². The lowest BCUT2D eigenvalue weighted by Gasteiger charge is -2.38. The molecule has 2 saturated heterocycles. The minimum Gasteiger partial charge on any atom is -0.384 e. The van der Waals surface area contributed by atoms with Gasteiger partial charge in [-0.2, -0.15) is 0 Å². The van der Waals surface area contributed by atoms with E-state index >= 15 is 0 Å². The average molecular weight is 270 g/mol. The Morgan fingerprint density at radius 2 is 2.05 bits per heavy atom. The fraction of sp³-hybridized carbons (Fsp3) is 1.00. The molecule has 4 nitrogen and oxygen atoms in total. The van der Waals surface area contributed by atoms with E-state index in [2.05, 4.69) is 17.1 Å². The monoisotopic (exact) mass is 270 g/mol. The molecule has 2 unspecified atom stereocenters. The molecule has 0 amide bonds. The number of hydrogen-bond acceptors (Lipinski definition) is 4. The van der Waals surface area contributed by atoms with Crippen LogP contribution in [0.4, 0.5) is 0 Å². The van der Waals surface area contributed by atoms with Crippen molar-refractivity contribution in [2.45, 2.75) is 32.2 Å². The van der Waals surface area contributed by atoms with Crippen molar-refractivity contribution in [2.75, 3.05) is 53.1 Å². The van der Waals surface area contributed by atoms with Crippen molar-refractivity contribution in [3.05, 3.63) is 0 Å². The van der Waals surface area contributed by atoms with Crippen LogP contribution in [0.5, 0.6) is 0 Å². The molecule has 2 rings (SSSR count). The van der Waals surface area contributed by atoms with Gasteiger partial charge in [-0.3, -0.25) is 0 Å². The second-order valence-corrected chi connectivity index (χ2v) is 5.99. The molecule has 2 heterocycles. The van der Waals surface area contributed by atoms with Crippen molar-refractivity contribution >= 4 is 0 Å². The van der Waals surface area contributed by atoms with Gasteiger partial charge in [0.05, 0.1) is 6.61 Å². The van der Waals surface area contributed by atoms with Gasteiger partial charge in [-0.1, -0.05) is 6.92 Å². The molecule has 0 bridgehead atoms. The van der Waals surface area contributed by atoms with Crippen LogP contribution in [0.15, 0.2) is 0 Å². The van der Waals surface area contributed by atoms with E-state index in [0.717, 1.165) is 32.3 Å². The van der Waals surface area contributed by atoms with Gasteiger partial charge in [-0.15, -0.1) is 0 Å². The maximum atomic E-state index is 5.67. The molecule has 0 radical (unpaired) electrons. The minimum atomic E-state index is 0.649. The zero-order valence-corrected chi connectivity index (χ0v) is 12.6. The molecule has 2 fully saturated rings. The zero-order valence-electron chi connectivity index (χ0n) is 12.6. The summed E-state index contributed by atoms with van der Waals surface area (Å²) < 4.78 is 10.9. The summed E-state index contributed by atoms with van der Waals surface area (Å²) in [6, 6.07) is 0.649. The van der Waals surface area contributed by atoms with E-state index in [-0.39, 0.29) is 0 Å². The number of methoxy groups -OCH3 is 1. The smallest absolute Gasteiger partial charge is 0.0521 e. The molecule has 0 saturated carbocycles. The largest absolute Gasteiger partial charge is 0.384 e. The Bertz CT molecular complexity index is 240. The summed E-state index contributed by atoms with van der Waals surface area (Å²) in [4.78, 5) is 2.62. The quantitative estimate of drug-likeness (QED) is 0.790. The van der Waals surface area contributed by atoms with Crippen LogP contribution in [-0.4, -0.2) is 64.1 Å². The average Bonchev–Trinajstić information content (AvgIpc) is 2.44. The first-order valence-electron chi connectivity index (χ1n) is 7.86. The Morgan fingerprint density at radius 3 is 2.74 bits per heavy atom. The Labute approximate surface area is 117 Å². The molecular weight excluding hydrogens is 240 g/mol. The van der Waals surface area contributed by atoms with Gasteiger partial charge in [0.2, 0.25) is 0 Å². The summed E-state index contributed by atoms with van der Waals surface area (Å²) in [7, 11) is 1.81. The van der Waals surface area contributed by atoms with E-state index < -0.39 is 0 Å². The fourth-order valence-electron chi connectivity index (χ4n) is 3.41. The molecule has 2 aliphatic rings. The molecule has 4 heteroatoms. The topological polar surface area (TPSA) is 33.7 Å². The molecule has 2 aliphatic heterocycles. The highest BCUT2D eigenvalue weighted by molar-refractivity contribution is 4.83. The summed E-state index contributed by atoms with van der Waals surface area (Å²) in [6.45, 7) is 9.68. The van der Waals surface area contributed by atoms with E-state index in [1.54, 1.807) is 0 Å². The molecule has 1 N–H and O–H groups in total. The highest BCUT2D eigenvalue weighted by atomic mass is 16.5. The van der Waals surface area contributed by atoms with E-state index in [1.165, 1.54) is 38.9 Å². The molecule has 2 atom stereocenters. The van der Waals surface area contributed by atoms with Crippen molar-refractivity contribution < 1.29 is 9.47 Å². The van der Waals surface area contributed by atoms with Crippen LogP contribution in [0.1, 0.15) is 26.2 Å². The van der Waals surface area contributed by atoms with E-state index in [4.69, 9.17) is 9.47 Å². The van der Waals surface area contributed by atoms with Crippen molar-refractivity contribution in [3.8, 4) is 0 Å². The molecule has 0 aromatic carbocycles. The lowest BCUT2D eigenvalue weighted by atomic mass is 9.92. The first-order valence-corrected chi connectivity index (χ1v) is 7.86. The zero-order chi connectivity index (χ0) is 13.5. The summed E-state index contributed by atoms with van der Waals surface area (Å²) in [6.07, 6.45) is 3.74. The first-order chi connectivity index (χ1) is 9.33. The van der Waals surface area contributed by atoms with Crippen LogP contribution in [0.25, 0.3) is 0 Å². The summed E-state index contributed by atoms with van der Waals surface area (Å²) >= 11 is 0. The van der Waals surface area contributed by atoms with E-state index in [9.17, 15) is 0 Å². The van der Waals surface area contributed by atoms with Crippen molar-refractivity contribution in [2.24, 2.45) is 11.8 Å². The maximum Gasteiger partial charge on any atom is 0.0521 e. The third kappa shape index (κ3) is 4.71. The summed E-state index contributed by atoms with van der Waals surface area (Å²) in [5, 5.41) is 3.63. The van der Waals surface area contributed by atoms with Crippen LogP contribution in [0.3, 0.4) is 0 Å². The van der Waals surface area contributed by atoms with Gasteiger partial charge < -0.3 is 19.7 Å². The van der Waals surface area contributed by atoms with E-state index in [0.29, 0.717) is 12.0 Å². The van der Waals surface area contributed by atoms with Gasteiger partial charge in [-0.25, -0.2) is 0 Å². The molecule has 19 heavy (non-hydrogen) atoms. The van der Waals surface area contributed by atoms with Crippen LogP contribution in [0.2, 0.25) is 0 Å². The lowest BCUT2D eigenvalue weighted by Crippen LogP contribution is -2.49. The second kappa shape index (κ2) is 8.20. The Hall–Kier alpha value is -0.160. The van der Waals surface area contributed by atoms with Gasteiger partial charge in [0.1, 0.15) is 0 Å². The van der Waals surface area contributed by atoms with Crippen LogP contribution in [-0.2, 0) is 9.47 Å². The number of ether oxygens (including phenoxy) is 2. The number of hydrogen-bond donors (Lipinski definition) is 1. The first kappa shape index (κ1) is 15.2. The summed E-state index contributed by atoms with van der Waals surface area (Å²) in [5.41, 5.74) is 0. The molecule has 112 valence electrons. The van der Waals surface area contributed by atoms with Gasteiger partial charge in [-0.05, 0) is 44.8 Å². The maximum absolute atomic E-state index is 5.67. The van der Waals surface area contributed by atoms with Crippen LogP contribution < -0.4 is 5.32 Å². The number of nitrogens with one attached hydrogen (secondary N) is 1. The standard InChI is InChI=1S/C15H30N2O2/c1-3-16-15-6-9-19-12-14(15)10-17-7-4-13(5-8-17)11-18-2/h13-16H,3-12H2,1-2H3. The fourth-order valence-corrected chi connectivity index (χ4v) is 3.41. The van der Waals surface area contributed by atoms with Gasteiger partial charge in [0, 0.05) is 38.8 Å². The Kier molecular flexibility index (Phi) is 6.57. The predicted octanol–water partition coefficient (Wildman–Crippen LogP) is 1.36. The molecule has 0 aromatic rings.